The summed E-state index contributed by atoms with van der Waals surface area (Å²) in [4.78, 5) is 17.3. The predicted octanol–water partition coefficient (Wildman–Crippen LogP) is 2.16. The third-order valence-corrected chi connectivity index (χ3v) is 3.81. The van der Waals surface area contributed by atoms with E-state index in [1.165, 1.54) is 0 Å². The SMILES string of the molecule is Cc1c[nH]c(CN(C)Cc2ccc3nonc3c2)c(C)c1=O. The zero-order chi connectivity index (χ0) is 15.7. The molecule has 0 aliphatic rings. The minimum absolute atomic E-state index is 0.109. The fraction of sp³-hybridized carbons (Fsp3) is 0.312. The molecule has 3 rings (SSSR count). The van der Waals surface area contributed by atoms with Crippen molar-refractivity contribution in [1.29, 1.82) is 0 Å². The van der Waals surface area contributed by atoms with E-state index < -0.39 is 0 Å². The van der Waals surface area contributed by atoms with Crippen molar-refractivity contribution in [2.75, 3.05) is 7.05 Å². The first-order valence-corrected chi connectivity index (χ1v) is 7.12. The molecule has 0 aliphatic carbocycles. The van der Waals surface area contributed by atoms with Gasteiger partial charge in [-0.25, -0.2) is 4.63 Å². The summed E-state index contributed by atoms with van der Waals surface area (Å²) >= 11 is 0. The van der Waals surface area contributed by atoms with Crippen molar-refractivity contribution in [2.45, 2.75) is 26.9 Å². The Morgan fingerprint density at radius 1 is 1.18 bits per heavy atom. The number of nitrogens with one attached hydrogen (secondary N) is 1. The van der Waals surface area contributed by atoms with E-state index in [2.05, 4.69) is 20.2 Å². The van der Waals surface area contributed by atoms with Crippen molar-refractivity contribution in [1.82, 2.24) is 20.2 Å². The molecular formula is C16H18N4O2. The van der Waals surface area contributed by atoms with Gasteiger partial charge in [0.15, 0.2) is 5.43 Å². The van der Waals surface area contributed by atoms with E-state index in [-0.39, 0.29) is 5.43 Å². The lowest BCUT2D eigenvalue weighted by atomic mass is 10.1. The van der Waals surface area contributed by atoms with Gasteiger partial charge in [-0.3, -0.25) is 9.69 Å². The van der Waals surface area contributed by atoms with Gasteiger partial charge in [0.25, 0.3) is 0 Å². The Balaban J connectivity index is 1.76. The molecule has 0 saturated carbocycles. The second-order valence-electron chi connectivity index (χ2n) is 5.66. The van der Waals surface area contributed by atoms with Crippen LogP contribution in [0.5, 0.6) is 0 Å². The van der Waals surface area contributed by atoms with Crippen LogP contribution in [0.3, 0.4) is 0 Å². The molecule has 0 saturated heterocycles. The smallest absolute Gasteiger partial charge is 0.187 e. The highest BCUT2D eigenvalue weighted by atomic mass is 16.6. The normalized spacial score (nSPS) is 11.5. The van der Waals surface area contributed by atoms with Crippen LogP contribution in [0.1, 0.15) is 22.4 Å². The summed E-state index contributed by atoms with van der Waals surface area (Å²) in [6.45, 7) is 5.11. The van der Waals surface area contributed by atoms with Crippen LogP contribution >= 0.6 is 0 Å². The Labute approximate surface area is 127 Å². The summed E-state index contributed by atoms with van der Waals surface area (Å²) in [6.07, 6.45) is 1.77. The third kappa shape index (κ3) is 2.78. The van der Waals surface area contributed by atoms with Crippen molar-refractivity contribution < 1.29 is 4.63 Å². The van der Waals surface area contributed by atoms with Gasteiger partial charge in [-0.1, -0.05) is 6.07 Å². The average Bonchev–Trinajstić information content (AvgIpc) is 2.95. The Hall–Kier alpha value is -2.47. The molecule has 6 heteroatoms. The number of nitrogens with zero attached hydrogens (tertiary/aromatic N) is 3. The number of rotatable bonds is 4. The number of aryl methyl sites for hydroxylation is 1. The quantitative estimate of drug-likeness (QED) is 0.799. The number of benzene rings is 1. The highest BCUT2D eigenvalue weighted by molar-refractivity contribution is 5.73. The monoisotopic (exact) mass is 298 g/mol. The zero-order valence-corrected chi connectivity index (χ0v) is 12.9. The minimum Gasteiger partial charge on any atom is -0.363 e. The van der Waals surface area contributed by atoms with Crippen LogP contribution in [0.15, 0.2) is 33.8 Å². The fourth-order valence-electron chi connectivity index (χ4n) is 2.53. The van der Waals surface area contributed by atoms with E-state index in [1.54, 1.807) is 6.20 Å². The highest BCUT2D eigenvalue weighted by Crippen LogP contribution is 2.14. The first-order chi connectivity index (χ1) is 10.5. The zero-order valence-electron chi connectivity index (χ0n) is 12.9. The van der Waals surface area contributed by atoms with Crippen LogP contribution < -0.4 is 5.43 Å². The van der Waals surface area contributed by atoms with Crippen molar-refractivity contribution in [3.63, 3.8) is 0 Å². The maximum Gasteiger partial charge on any atom is 0.187 e. The highest BCUT2D eigenvalue weighted by Gasteiger charge is 2.09. The van der Waals surface area contributed by atoms with E-state index >= 15 is 0 Å². The maximum absolute atomic E-state index is 12.0. The van der Waals surface area contributed by atoms with E-state index in [9.17, 15) is 4.79 Å². The molecule has 2 aromatic heterocycles. The third-order valence-electron chi connectivity index (χ3n) is 3.81. The van der Waals surface area contributed by atoms with Gasteiger partial charge in [0.1, 0.15) is 11.0 Å². The average molecular weight is 298 g/mol. The Morgan fingerprint density at radius 2 is 1.95 bits per heavy atom. The maximum atomic E-state index is 12.0. The van der Waals surface area contributed by atoms with Crippen molar-refractivity contribution in [3.05, 3.63) is 57.0 Å². The lowest BCUT2D eigenvalue weighted by Crippen LogP contribution is -2.22. The number of fused-ring (bicyclic) bond motifs is 1. The molecule has 114 valence electrons. The molecule has 0 amide bonds. The molecule has 0 spiro atoms. The van der Waals surface area contributed by atoms with E-state index in [4.69, 9.17) is 4.63 Å². The Morgan fingerprint density at radius 3 is 2.77 bits per heavy atom. The van der Waals surface area contributed by atoms with Gasteiger partial charge >= 0.3 is 0 Å². The molecule has 0 atom stereocenters. The molecule has 3 aromatic rings. The first kappa shape index (κ1) is 14.5. The van der Waals surface area contributed by atoms with Gasteiger partial charge in [-0.15, -0.1) is 0 Å². The second kappa shape index (κ2) is 5.73. The largest absolute Gasteiger partial charge is 0.363 e. The molecule has 1 aromatic carbocycles. The number of aromatic nitrogens is 3. The molecule has 0 bridgehead atoms. The summed E-state index contributed by atoms with van der Waals surface area (Å²) < 4.78 is 4.71. The van der Waals surface area contributed by atoms with Crippen LogP contribution in [0.2, 0.25) is 0 Å². The van der Waals surface area contributed by atoms with Crippen LogP contribution in [0.4, 0.5) is 0 Å². The van der Waals surface area contributed by atoms with E-state index in [1.807, 2.05) is 39.1 Å². The number of pyridine rings is 1. The molecule has 6 nitrogen and oxygen atoms in total. The molecular weight excluding hydrogens is 280 g/mol. The number of hydrogen-bond acceptors (Lipinski definition) is 5. The van der Waals surface area contributed by atoms with E-state index in [0.29, 0.717) is 6.54 Å². The number of H-pyrrole nitrogens is 1. The first-order valence-electron chi connectivity index (χ1n) is 7.12. The second-order valence-corrected chi connectivity index (χ2v) is 5.66. The van der Waals surface area contributed by atoms with Gasteiger partial charge in [0, 0.05) is 36.1 Å². The Bertz CT molecular complexity index is 866. The van der Waals surface area contributed by atoms with Crippen molar-refractivity contribution in [2.24, 2.45) is 0 Å². The van der Waals surface area contributed by atoms with Crippen LogP contribution in [-0.4, -0.2) is 27.2 Å². The number of hydrogen-bond donors (Lipinski definition) is 1. The number of aromatic amines is 1. The molecule has 0 aliphatic heterocycles. The Kier molecular flexibility index (Phi) is 3.77. The lowest BCUT2D eigenvalue weighted by Gasteiger charge is -2.18. The summed E-state index contributed by atoms with van der Waals surface area (Å²) in [6, 6.07) is 5.87. The predicted molar refractivity (Wildman–Crippen MR) is 83.5 cm³/mol. The summed E-state index contributed by atoms with van der Waals surface area (Å²) in [7, 11) is 2.02. The molecule has 0 radical (unpaired) electrons. The molecule has 22 heavy (non-hydrogen) atoms. The molecule has 0 fully saturated rings. The van der Waals surface area contributed by atoms with E-state index in [0.717, 1.165) is 40.0 Å². The van der Waals surface area contributed by atoms with Crippen LogP contribution in [-0.2, 0) is 13.1 Å². The lowest BCUT2D eigenvalue weighted by molar-refractivity contribution is 0.313. The topological polar surface area (TPSA) is 75.0 Å². The van der Waals surface area contributed by atoms with Gasteiger partial charge in [0.2, 0.25) is 0 Å². The molecule has 2 heterocycles. The van der Waals surface area contributed by atoms with Crippen LogP contribution in [0.25, 0.3) is 11.0 Å². The van der Waals surface area contributed by atoms with Gasteiger partial charge in [0.05, 0.1) is 0 Å². The van der Waals surface area contributed by atoms with Crippen LogP contribution in [0, 0.1) is 13.8 Å². The van der Waals surface area contributed by atoms with Gasteiger partial charge in [-0.05, 0) is 48.9 Å². The van der Waals surface area contributed by atoms with Gasteiger partial charge in [-0.2, -0.15) is 0 Å². The molecule has 1 N–H and O–H groups in total. The minimum atomic E-state index is 0.109. The van der Waals surface area contributed by atoms with Gasteiger partial charge < -0.3 is 4.98 Å². The standard InChI is InChI=1S/C16H18N4O2/c1-10-7-17-15(11(2)16(10)21)9-20(3)8-12-4-5-13-14(6-12)19-22-18-13/h4-7H,8-9H2,1-3H3,(H,17,21). The van der Waals surface area contributed by atoms with Crippen molar-refractivity contribution >= 4 is 11.0 Å². The van der Waals surface area contributed by atoms with Crippen molar-refractivity contribution in [3.8, 4) is 0 Å². The molecule has 0 unspecified atom stereocenters. The summed E-state index contributed by atoms with van der Waals surface area (Å²) in [5.74, 6) is 0. The summed E-state index contributed by atoms with van der Waals surface area (Å²) in [5.41, 5.74) is 5.21. The fourth-order valence-corrected chi connectivity index (χ4v) is 2.53. The summed E-state index contributed by atoms with van der Waals surface area (Å²) in [5, 5.41) is 7.65.